The maximum atomic E-state index is 11.8. The number of hydrogen-bond acceptors (Lipinski definition) is 3. The van der Waals surface area contributed by atoms with E-state index in [1.54, 1.807) is 20.0 Å². The number of likely N-dealkylation sites (N-methyl/N-ethyl adjacent to an activating group) is 1. The average Bonchev–Trinajstić information content (AvgIpc) is 2.84. The van der Waals surface area contributed by atoms with Crippen LogP contribution < -0.4 is 5.32 Å². The molecule has 0 aromatic carbocycles. The number of aromatic nitrogens is 1. The average molecular weight is 281 g/mol. The topological polar surface area (TPSA) is 91.6 Å². The highest BCUT2D eigenvalue weighted by atomic mass is 16.4. The number of rotatable bonds is 6. The second-order valence-electron chi connectivity index (χ2n) is 4.47. The number of hydrogen-bond donors (Lipinski definition) is 2. The second-order valence-corrected chi connectivity index (χ2v) is 4.47. The molecule has 0 fully saturated rings. The Hall–Kier alpha value is -2.31. The van der Waals surface area contributed by atoms with E-state index < -0.39 is 17.9 Å². The molecule has 0 saturated carbocycles. The van der Waals surface area contributed by atoms with Crippen LogP contribution in [-0.4, -0.2) is 52.0 Å². The molecule has 1 aromatic rings. The molecule has 0 aliphatic heterocycles. The molecule has 0 spiro atoms. The van der Waals surface area contributed by atoms with Gasteiger partial charge in [0, 0.05) is 19.8 Å². The van der Waals surface area contributed by atoms with Crippen molar-refractivity contribution in [2.75, 3.05) is 13.6 Å². The predicted molar refractivity (Wildman–Crippen MR) is 72.3 cm³/mol. The maximum Gasteiger partial charge on any atom is 0.352 e. The number of carbonyl (C=O) groups excluding carboxylic acids is 2. The third kappa shape index (κ3) is 3.84. The second kappa shape index (κ2) is 6.74. The van der Waals surface area contributed by atoms with Crippen LogP contribution in [0.2, 0.25) is 0 Å². The van der Waals surface area contributed by atoms with E-state index in [1.807, 2.05) is 6.92 Å². The van der Waals surface area contributed by atoms with Crippen LogP contribution in [-0.2, 0) is 16.1 Å². The van der Waals surface area contributed by atoms with Gasteiger partial charge < -0.3 is 19.9 Å². The van der Waals surface area contributed by atoms with E-state index in [2.05, 4.69) is 5.32 Å². The minimum Gasteiger partial charge on any atom is -0.477 e. The summed E-state index contributed by atoms with van der Waals surface area (Å²) in [6.45, 7) is 3.85. The van der Waals surface area contributed by atoms with E-state index in [4.69, 9.17) is 5.11 Å². The molecule has 0 saturated heterocycles. The Morgan fingerprint density at radius 2 is 2.10 bits per heavy atom. The number of carboxylic acid groups (broad SMARTS) is 1. The minimum absolute atomic E-state index is 0.0322. The Kier molecular flexibility index (Phi) is 5.31. The zero-order valence-electron chi connectivity index (χ0n) is 11.8. The third-order valence-corrected chi connectivity index (χ3v) is 2.96. The highest BCUT2D eigenvalue weighted by Crippen LogP contribution is 2.02. The molecule has 0 bridgehead atoms. The fraction of sp³-hybridized carbons (Fsp3) is 0.462. The lowest BCUT2D eigenvalue weighted by molar-refractivity contribution is -0.134. The van der Waals surface area contributed by atoms with Crippen LogP contribution in [0, 0.1) is 0 Å². The maximum absolute atomic E-state index is 11.8. The smallest absolute Gasteiger partial charge is 0.352 e. The zero-order chi connectivity index (χ0) is 15.3. The molecule has 0 radical (unpaired) electrons. The zero-order valence-corrected chi connectivity index (χ0v) is 11.8. The van der Waals surface area contributed by atoms with Crippen molar-refractivity contribution in [1.82, 2.24) is 14.8 Å². The van der Waals surface area contributed by atoms with Gasteiger partial charge in [-0.3, -0.25) is 9.59 Å². The lowest BCUT2D eigenvalue weighted by Crippen LogP contribution is -2.46. The summed E-state index contributed by atoms with van der Waals surface area (Å²) in [7, 11) is 1.65. The largest absolute Gasteiger partial charge is 0.477 e. The number of nitrogens with one attached hydrogen (secondary N) is 1. The van der Waals surface area contributed by atoms with E-state index in [-0.39, 0.29) is 18.1 Å². The first-order valence-electron chi connectivity index (χ1n) is 6.29. The first-order chi connectivity index (χ1) is 9.36. The van der Waals surface area contributed by atoms with Crippen LogP contribution in [0.1, 0.15) is 24.3 Å². The Morgan fingerprint density at radius 1 is 1.45 bits per heavy atom. The Morgan fingerprint density at radius 3 is 2.65 bits per heavy atom. The molecule has 1 heterocycles. The standard InChI is InChI=1S/C13H19N3O4/c1-4-15(3)12(18)9(2)14-11(17)8-16-7-5-6-10(16)13(19)20/h5-7,9H,4,8H2,1-3H3,(H,14,17)(H,19,20). The first-order valence-corrected chi connectivity index (χ1v) is 6.29. The summed E-state index contributed by atoms with van der Waals surface area (Å²) in [4.78, 5) is 36.0. The van der Waals surface area contributed by atoms with Crippen molar-refractivity contribution in [3.05, 3.63) is 24.0 Å². The highest BCUT2D eigenvalue weighted by molar-refractivity contribution is 5.89. The van der Waals surface area contributed by atoms with E-state index in [0.717, 1.165) is 0 Å². The molecule has 110 valence electrons. The summed E-state index contributed by atoms with van der Waals surface area (Å²) in [6.07, 6.45) is 1.51. The number of amides is 2. The van der Waals surface area contributed by atoms with Crippen molar-refractivity contribution in [1.29, 1.82) is 0 Å². The van der Waals surface area contributed by atoms with E-state index in [0.29, 0.717) is 6.54 Å². The highest BCUT2D eigenvalue weighted by Gasteiger charge is 2.19. The van der Waals surface area contributed by atoms with Crippen LogP contribution in [0.25, 0.3) is 0 Å². The molecule has 1 aromatic heterocycles. The van der Waals surface area contributed by atoms with Crippen molar-refractivity contribution in [2.45, 2.75) is 26.4 Å². The van der Waals surface area contributed by atoms with Gasteiger partial charge in [-0.05, 0) is 26.0 Å². The van der Waals surface area contributed by atoms with Gasteiger partial charge >= 0.3 is 5.97 Å². The lowest BCUT2D eigenvalue weighted by atomic mass is 10.3. The van der Waals surface area contributed by atoms with Crippen molar-refractivity contribution in [3.8, 4) is 0 Å². The van der Waals surface area contributed by atoms with Gasteiger partial charge in [0.2, 0.25) is 11.8 Å². The van der Waals surface area contributed by atoms with Gasteiger partial charge in [0.1, 0.15) is 18.3 Å². The molecule has 0 aliphatic carbocycles. The van der Waals surface area contributed by atoms with Crippen LogP contribution in [0.15, 0.2) is 18.3 Å². The number of carboxylic acids is 1. The molecule has 20 heavy (non-hydrogen) atoms. The molecule has 7 heteroatoms. The van der Waals surface area contributed by atoms with Gasteiger partial charge in [0.05, 0.1) is 0 Å². The van der Waals surface area contributed by atoms with Gasteiger partial charge in [-0.2, -0.15) is 0 Å². The summed E-state index contributed by atoms with van der Waals surface area (Å²) in [6, 6.07) is 2.32. The summed E-state index contributed by atoms with van der Waals surface area (Å²) in [5.74, 6) is -1.70. The summed E-state index contributed by atoms with van der Waals surface area (Å²) in [5.41, 5.74) is 0.0322. The van der Waals surface area contributed by atoms with Crippen molar-refractivity contribution < 1.29 is 19.5 Å². The molecule has 2 amide bonds. The normalized spacial score (nSPS) is 11.8. The van der Waals surface area contributed by atoms with Gasteiger partial charge in [-0.25, -0.2) is 4.79 Å². The quantitative estimate of drug-likeness (QED) is 0.777. The molecule has 1 atom stereocenters. The number of nitrogens with zero attached hydrogens (tertiary/aromatic N) is 2. The Labute approximate surface area is 117 Å². The van der Waals surface area contributed by atoms with Crippen molar-refractivity contribution in [2.24, 2.45) is 0 Å². The molecule has 0 aliphatic rings. The first kappa shape index (κ1) is 15.7. The lowest BCUT2D eigenvalue weighted by Gasteiger charge is -2.20. The third-order valence-electron chi connectivity index (χ3n) is 2.96. The van der Waals surface area contributed by atoms with Gasteiger partial charge in [0.25, 0.3) is 0 Å². The predicted octanol–water partition coefficient (Wildman–Crippen LogP) is 0.169. The van der Waals surface area contributed by atoms with Gasteiger partial charge in [-0.15, -0.1) is 0 Å². The Balaban J connectivity index is 2.62. The van der Waals surface area contributed by atoms with E-state index >= 15 is 0 Å². The molecule has 2 N–H and O–H groups in total. The van der Waals surface area contributed by atoms with Crippen LogP contribution in [0.3, 0.4) is 0 Å². The number of carbonyl (C=O) groups is 3. The Bertz CT molecular complexity index is 509. The van der Waals surface area contributed by atoms with E-state index in [9.17, 15) is 14.4 Å². The molecular weight excluding hydrogens is 262 g/mol. The van der Waals surface area contributed by atoms with Gasteiger partial charge in [-0.1, -0.05) is 0 Å². The molecule has 7 nitrogen and oxygen atoms in total. The van der Waals surface area contributed by atoms with Crippen LogP contribution >= 0.6 is 0 Å². The summed E-state index contributed by atoms with van der Waals surface area (Å²) >= 11 is 0. The van der Waals surface area contributed by atoms with Crippen molar-refractivity contribution in [3.63, 3.8) is 0 Å². The SMILES string of the molecule is CCN(C)C(=O)C(C)NC(=O)Cn1cccc1C(=O)O. The molecular formula is C13H19N3O4. The van der Waals surface area contributed by atoms with E-state index in [1.165, 1.54) is 21.7 Å². The number of aromatic carboxylic acids is 1. The summed E-state index contributed by atoms with van der Waals surface area (Å²) < 4.78 is 1.32. The van der Waals surface area contributed by atoms with Crippen LogP contribution in [0.5, 0.6) is 0 Å². The molecule has 1 unspecified atom stereocenters. The molecule has 1 rings (SSSR count). The van der Waals surface area contributed by atoms with Crippen molar-refractivity contribution >= 4 is 17.8 Å². The minimum atomic E-state index is -1.10. The fourth-order valence-corrected chi connectivity index (χ4v) is 1.74. The summed E-state index contributed by atoms with van der Waals surface area (Å²) in [5, 5.41) is 11.5. The van der Waals surface area contributed by atoms with Gasteiger partial charge in [0.15, 0.2) is 0 Å². The monoisotopic (exact) mass is 281 g/mol. The fourth-order valence-electron chi connectivity index (χ4n) is 1.74. The van der Waals surface area contributed by atoms with Crippen LogP contribution in [0.4, 0.5) is 0 Å².